The summed E-state index contributed by atoms with van der Waals surface area (Å²) in [6, 6.07) is 21.5. The van der Waals surface area contributed by atoms with E-state index in [-0.39, 0.29) is 17.4 Å². The number of phenols is 1. The van der Waals surface area contributed by atoms with Gasteiger partial charge in [-0.1, -0.05) is 23.4 Å². The van der Waals surface area contributed by atoms with Crippen molar-refractivity contribution in [3.05, 3.63) is 83.4 Å². The van der Waals surface area contributed by atoms with Crippen LogP contribution in [0, 0.1) is 0 Å². The number of nitrogens with one attached hydrogen (secondary N) is 1. The van der Waals surface area contributed by atoms with E-state index in [1.54, 1.807) is 43.3 Å². The molecule has 0 fully saturated rings. The van der Waals surface area contributed by atoms with E-state index in [0.29, 0.717) is 28.3 Å². The molecule has 0 bridgehead atoms. The highest BCUT2D eigenvalue weighted by Crippen LogP contribution is 2.29. The number of aromatic hydroxyl groups is 1. The highest BCUT2D eigenvalue weighted by molar-refractivity contribution is 7.99. The number of phenolic OH excluding ortho intramolecular Hbond substituents is 1. The molecule has 0 aliphatic rings. The number of ether oxygens (including phenoxy) is 1. The predicted molar refractivity (Wildman–Crippen MR) is 142 cm³/mol. The minimum atomic E-state index is -0.285. The number of nitrogens with zero attached hydrogens (tertiary/aromatic N) is 4. The summed E-state index contributed by atoms with van der Waals surface area (Å²) < 4.78 is 7.45. The van der Waals surface area contributed by atoms with Gasteiger partial charge >= 0.3 is 0 Å². The van der Waals surface area contributed by atoms with E-state index < -0.39 is 0 Å². The van der Waals surface area contributed by atoms with E-state index in [9.17, 15) is 9.90 Å². The van der Waals surface area contributed by atoms with Crippen molar-refractivity contribution < 1.29 is 14.6 Å². The summed E-state index contributed by atoms with van der Waals surface area (Å²) in [5.74, 6) is 1.36. The molecule has 0 atom stereocenters. The van der Waals surface area contributed by atoms with Gasteiger partial charge < -0.3 is 9.84 Å². The maximum Gasteiger partial charge on any atom is 0.250 e. The molecule has 3 aromatic carbocycles. The normalized spacial score (nSPS) is 11.4. The summed E-state index contributed by atoms with van der Waals surface area (Å²) in [4.78, 5) is 12.5. The molecule has 10 heteroatoms. The van der Waals surface area contributed by atoms with Gasteiger partial charge in [0.25, 0.3) is 5.91 Å². The molecular weight excluding hydrogens is 498 g/mol. The van der Waals surface area contributed by atoms with Crippen LogP contribution in [-0.4, -0.2) is 43.8 Å². The van der Waals surface area contributed by atoms with Crippen molar-refractivity contribution in [3.8, 4) is 28.6 Å². The number of aromatic nitrogens is 3. The summed E-state index contributed by atoms with van der Waals surface area (Å²) >= 11 is 7.31. The molecule has 0 unspecified atom stereocenters. The first-order valence-corrected chi connectivity index (χ1v) is 12.5. The van der Waals surface area contributed by atoms with E-state index in [2.05, 4.69) is 20.7 Å². The largest absolute Gasteiger partial charge is 0.508 e. The third-order valence-electron chi connectivity index (χ3n) is 5.11. The number of benzene rings is 3. The van der Waals surface area contributed by atoms with Crippen molar-refractivity contribution in [3.63, 3.8) is 0 Å². The van der Waals surface area contributed by atoms with Crippen molar-refractivity contribution in [2.75, 3.05) is 12.4 Å². The Morgan fingerprint density at radius 2 is 1.75 bits per heavy atom. The molecule has 1 amide bonds. The predicted octanol–water partition coefficient (Wildman–Crippen LogP) is 5.32. The van der Waals surface area contributed by atoms with Crippen molar-refractivity contribution >= 4 is 35.0 Å². The van der Waals surface area contributed by atoms with Crippen LogP contribution in [0.4, 0.5) is 0 Å². The van der Waals surface area contributed by atoms with Gasteiger partial charge in [-0.2, -0.15) is 5.10 Å². The number of thioether (sulfide) groups is 1. The molecule has 0 radical (unpaired) electrons. The van der Waals surface area contributed by atoms with Crippen molar-refractivity contribution in [2.45, 2.75) is 19.0 Å². The van der Waals surface area contributed by atoms with Gasteiger partial charge in [0.05, 0.1) is 18.1 Å². The van der Waals surface area contributed by atoms with Gasteiger partial charge in [-0.05, 0) is 92.2 Å². The fourth-order valence-electron chi connectivity index (χ4n) is 3.32. The van der Waals surface area contributed by atoms with Crippen LogP contribution < -0.4 is 10.2 Å². The number of hydrogen-bond donors (Lipinski definition) is 2. The third-order valence-corrected chi connectivity index (χ3v) is 6.29. The van der Waals surface area contributed by atoms with E-state index in [1.807, 2.05) is 47.9 Å². The summed E-state index contributed by atoms with van der Waals surface area (Å²) in [5.41, 5.74) is 5.65. The first-order valence-electron chi connectivity index (χ1n) is 11.1. The Bertz CT molecular complexity index is 1350. The van der Waals surface area contributed by atoms with Crippen molar-refractivity contribution in [2.24, 2.45) is 5.10 Å². The van der Waals surface area contributed by atoms with Crippen LogP contribution in [0.15, 0.2) is 83.1 Å². The quantitative estimate of drug-likeness (QED) is 0.175. The third kappa shape index (κ3) is 6.24. The Morgan fingerprint density at radius 1 is 1.06 bits per heavy atom. The molecule has 8 nitrogen and oxygen atoms in total. The lowest BCUT2D eigenvalue weighted by atomic mass is 10.1. The Balaban J connectivity index is 1.53. The molecule has 0 spiro atoms. The molecule has 4 rings (SSSR count). The van der Waals surface area contributed by atoms with Gasteiger partial charge in [0.2, 0.25) is 0 Å². The minimum Gasteiger partial charge on any atom is -0.508 e. The van der Waals surface area contributed by atoms with Gasteiger partial charge in [-0.15, -0.1) is 10.2 Å². The first-order chi connectivity index (χ1) is 17.4. The maximum atomic E-state index is 12.5. The second-order valence-corrected chi connectivity index (χ2v) is 9.02. The number of hydrazone groups is 1. The van der Waals surface area contributed by atoms with E-state index in [1.165, 1.54) is 11.8 Å². The number of rotatable bonds is 9. The van der Waals surface area contributed by atoms with Crippen LogP contribution in [0.3, 0.4) is 0 Å². The van der Waals surface area contributed by atoms with Crippen molar-refractivity contribution in [1.29, 1.82) is 0 Å². The first kappa shape index (κ1) is 25.3. The summed E-state index contributed by atoms with van der Waals surface area (Å²) in [7, 11) is 0. The molecule has 2 N–H and O–H groups in total. The van der Waals surface area contributed by atoms with Crippen LogP contribution in [0.25, 0.3) is 17.1 Å². The average molecular weight is 522 g/mol. The zero-order chi connectivity index (χ0) is 25.5. The Labute approximate surface area is 218 Å². The van der Waals surface area contributed by atoms with E-state index in [0.717, 1.165) is 22.6 Å². The maximum absolute atomic E-state index is 12.5. The van der Waals surface area contributed by atoms with Gasteiger partial charge in [0.15, 0.2) is 11.0 Å². The van der Waals surface area contributed by atoms with Crippen LogP contribution in [0.2, 0.25) is 5.02 Å². The Morgan fingerprint density at radius 3 is 2.42 bits per heavy atom. The second-order valence-electron chi connectivity index (χ2n) is 7.64. The monoisotopic (exact) mass is 521 g/mol. The van der Waals surface area contributed by atoms with Gasteiger partial charge in [-0.3, -0.25) is 9.36 Å². The summed E-state index contributed by atoms with van der Waals surface area (Å²) in [6.45, 7) is 4.29. The van der Waals surface area contributed by atoms with Crippen LogP contribution >= 0.6 is 23.4 Å². The molecule has 184 valence electrons. The van der Waals surface area contributed by atoms with E-state index >= 15 is 0 Å². The molecule has 0 aliphatic carbocycles. The highest BCUT2D eigenvalue weighted by atomic mass is 35.5. The molecule has 36 heavy (non-hydrogen) atoms. The molecule has 0 aliphatic heterocycles. The molecule has 4 aromatic rings. The number of carbonyl (C=O) groups excluding carboxylic acids is 1. The van der Waals surface area contributed by atoms with Crippen LogP contribution in [0.1, 0.15) is 19.4 Å². The fourth-order valence-corrected chi connectivity index (χ4v) is 4.19. The number of carbonyl (C=O) groups is 1. The SMILES string of the molecule is CCOc1ccc(-n2c(SCC(=O)NN=C(C)c3ccc(O)cc3)nnc2-c2ccc(Cl)cc2)cc1. The molecule has 0 saturated heterocycles. The molecular formula is C26H24ClN5O3S. The number of hydrogen-bond acceptors (Lipinski definition) is 7. The molecule has 1 heterocycles. The zero-order valence-corrected chi connectivity index (χ0v) is 21.3. The highest BCUT2D eigenvalue weighted by Gasteiger charge is 2.17. The topological polar surface area (TPSA) is 102 Å². The lowest BCUT2D eigenvalue weighted by molar-refractivity contribution is -0.118. The average Bonchev–Trinajstić information content (AvgIpc) is 3.31. The van der Waals surface area contributed by atoms with Crippen LogP contribution in [0.5, 0.6) is 11.5 Å². The second kappa shape index (κ2) is 11.7. The van der Waals surface area contributed by atoms with Gasteiger partial charge in [0.1, 0.15) is 11.5 Å². The van der Waals surface area contributed by atoms with Crippen molar-refractivity contribution in [1.82, 2.24) is 20.2 Å². The lowest BCUT2D eigenvalue weighted by Gasteiger charge is -2.11. The standard InChI is InChI=1S/C26H24ClN5O3S/c1-3-35-23-14-10-21(11-15-23)32-25(19-4-8-20(27)9-5-19)30-31-26(32)36-16-24(34)29-28-17(2)18-6-12-22(33)13-7-18/h4-15,33H,3,16H2,1-2H3,(H,29,34). The lowest BCUT2D eigenvalue weighted by Crippen LogP contribution is -2.21. The number of amides is 1. The fraction of sp³-hybridized carbons (Fsp3) is 0.154. The zero-order valence-electron chi connectivity index (χ0n) is 19.7. The summed E-state index contributed by atoms with van der Waals surface area (Å²) in [6.07, 6.45) is 0. The molecule has 0 saturated carbocycles. The Kier molecular flexibility index (Phi) is 8.24. The van der Waals surface area contributed by atoms with Gasteiger partial charge in [-0.25, -0.2) is 5.43 Å². The van der Waals surface area contributed by atoms with Gasteiger partial charge in [0, 0.05) is 16.3 Å². The number of halogens is 1. The Hall–Kier alpha value is -3.82. The molecule has 1 aromatic heterocycles. The minimum absolute atomic E-state index is 0.0855. The van der Waals surface area contributed by atoms with Crippen LogP contribution in [-0.2, 0) is 4.79 Å². The van der Waals surface area contributed by atoms with E-state index in [4.69, 9.17) is 16.3 Å². The summed E-state index contributed by atoms with van der Waals surface area (Å²) in [5, 5.41) is 23.5. The smallest absolute Gasteiger partial charge is 0.250 e.